The molecule has 0 saturated heterocycles. The third-order valence-corrected chi connectivity index (χ3v) is 6.50. The molecule has 2 aromatic rings. The maximum absolute atomic E-state index is 12.9. The number of rotatable bonds is 8. The van der Waals surface area contributed by atoms with Crippen molar-refractivity contribution in [3.63, 3.8) is 0 Å². The average Bonchev–Trinajstić information content (AvgIpc) is 2.64. The molecule has 0 spiro atoms. The Kier molecular flexibility index (Phi) is 7.36. The Morgan fingerprint density at radius 1 is 1.18 bits per heavy atom. The van der Waals surface area contributed by atoms with Crippen molar-refractivity contribution in [3.05, 3.63) is 62.1 Å². The molecule has 2 aromatic carbocycles. The monoisotopic (exact) mass is 444 g/mol. The van der Waals surface area contributed by atoms with Crippen LogP contribution in [0.1, 0.15) is 19.4 Å². The van der Waals surface area contributed by atoms with Crippen molar-refractivity contribution in [2.45, 2.75) is 18.7 Å². The van der Waals surface area contributed by atoms with E-state index in [9.17, 15) is 18.5 Å². The number of hydrogen-bond donors (Lipinski definition) is 1. The number of anilines is 1. The number of nitro groups is 1. The van der Waals surface area contributed by atoms with E-state index in [-0.39, 0.29) is 29.4 Å². The van der Waals surface area contributed by atoms with Gasteiger partial charge in [0.1, 0.15) is 4.90 Å². The zero-order chi connectivity index (χ0) is 20.9. The standard InChI is InChI=1S/C17H18Cl2N4O4S/c1-3-22(4-2)28(26,27)17-10-14(23(24)25)7-8-16(17)21-20-11-12-5-6-13(18)9-15(12)19/h5-11,21H,3-4H2,1-2H3. The summed E-state index contributed by atoms with van der Waals surface area (Å²) in [6, 6.07) is 8.35. The molecule has 0 saturated carbocycles. The second-order valence-corrected chi connectivity index (χ2v) is 8.31. The molecule has 0 bridgehead atoms. The van der Waals surface area contributed by atoms with Crippen LogP contribution in [0.25, 0.3) is 0 Å². The highest BCUT2D eigenvalue weighted by atomic mass is 35.5. The lowest BCUT2D eigenvalue weighted by atomic mass is 10.2. The van der Waals surface area contributed by atoms with E-state index in [0.717, 1.165) is 6.07 Å². The van der Waals surface area contributed by atoms with E-state index in [1.165, 1.54) is 22.7 Å². The zero-order valence-electron chi connectivity index (χ0n) is 15.1. The highest BCUT2D eigenvalue weighted by molar-refractivity contribution is 7.89. The molecule has 8 nitrogen and oxygen atoms in total. The van der Waals surface area contributed by atoms with Crippen LogP contribution in [0.5, 0.6) is 0 Å². The van der Waals surface area contributed by atoms with Crippen LogP contribution < -0.4 is 5.43 Å². The van der Waals surface area contributed by atoms with Crippen LogP contribution in [-0.2, 0) is 10.0 Å². The molecule has 11 heteroatoms. The van der Waals surface area contributed by atoms with Gasteiger partial charge in [-0.15, -0.1) is 0 Å². The fraction of sp³-hybridized carbons (Fsp3) is 0.235. The normalized spacial score (nSPS) is 11.9. The molecular formula is C17H18Cl2N4O4S. The van der Waals surface area contributed by atoms with Crippen LogP contribution in [-0.4, -0.2) is 37.0 Å². The molecule has 0 amide bonds. The molecule has 150 valence electrons. The van der Waals surface area contributed by atoms with Gasteiger partial charge in [-0.1, -0.05) is 43.1 Å². The number of hydrogen-bond acceptors (Lipinski definition) is 6. The van der Waals surface area contributed by atoms with Gasteiger partial charge in [-0.2, -0.15) is 9.41 Å². The van der Waals surface area contributed by atoms with Crippen molar-refractivity contribution in [2.75, 3.05) is 18.5 Å². The predicted molar refractivity (Wildman–Crippen MR) is 111 cm³/mol. The van der Waals surface area contributed by atoms with Crippen LogP contribution >= 0.6 is 23.2 Å². The molecule has 0 aliphatic carbocycles. The predicted octanol–water partition coefficient (Wildman–Crippen LogP) is 4.38. The largest absolute Gasteiger partial charge is 0.277 e. The van der Waals surface area contributed by atoms with E-state index in [1.54, 1.807) is 32.0 Å². The first kappa shape index (κ1) is 22.1. The molecule has 0 aliphatic heterocycles. The van der Waals surface area contributed by atoms with E-state index in [1.807, 2.05) is 0 Å². The summed E-state index contributed by atoms with van der Waals surface area (Å²) in [5, 5.41) is 15.9. The Labute approximate surface area is 173 Å². The molecule has 0 aliphatic rings. The number of hydrazone groups is 1. The minimum Gasteiger partial charge on any atom is -0.277 e. The number of benzene rings is 2. The van der Waals surface area contributed by atoms with Gasteiger partial charge in [-0.05, 0) is 18.2 Å². The third-order valence-electron chi connectivity index (χ3n) is 3.85. The van der Waals surface area contributed by atoms with Crippen molar-refractivity contribution >= 4 is 50.8 Å². The molecule has 0 unspecified atom stereocenters. The smallest absolute Gasteiger partial charge is 0.270 e. The lowest BCUT2D eigenvalue weighted by molar-refractivity contribution is -0.385. The first-order valence-corrected chi connectivity index (χ1v) is 10.4. The highest BCUT2D eigenvalue weighted by Gasteiger charge is 2.27. The van der Waals surface area contributed by atoms with Crippen LogP contribution in [0.4, 0.5) is 11.4 Å². The summed E-state index contributed by atoms with van der Waals surface area (Å²) in [6.07, 6.45) is 1.40. The van der Waals surface area contributed by atoms with E-state index < -0.39 is 14.9 Å². The number of nitrogens with one attached hydrogen (secondary N) is 1. The first-order valence-electron chi connectivity index (χ1n) is 8.23. The summed E-state index contributed by atoms with van der Waals surface area (Å²) in [5.41, 5.74) is 2.97. The minimum absolute atomic E-state index is 0.110. The number of nitro benzene ring substituents is 1. The molecular weight excluding hydrogens is 427 g/mol. The second-order valence-electron chi connectivity index (χ2n) is 5.56. The Hall–Kier alpha value is -2.20. The molecule has 2 rings (SSSR count). The van der Waals surface area contributed by atoms with Gasteiger partial charge in [0.25, 0.3) is 5.69 Å². The van der Waals surface area contributed by atoms with Crippen LogP contribution in [0.3, 0.4) is 0 Å². The minimum atomic E-state index is -3.95. The Morgan fingerprint density at radius 2 is 1.86 bits per heavy atom. The van der Waals surface area contributed by atoms with Gasteiger partial charge in [0.05, 0.1) is 21.8 Å². The van der Waals surface area contributed by atoms with Gasteiger partial charge in [0.2, 0.25) is 10.0 Å². The van der Waals surface area contributed by atoms with Crippen LogP contribution in [0, 0.1) is 10.1 Å². The van der Waals surface area contributed by atoms with Crippen molar-refractivity contribution in [1.82, 2.24) is 4.31 Å². The average molecular weight is 445 g/mol. The van der Waals surface area contributed by atoms with Crippen molar-refractivity contribution in [1.29, 1.82) is 0 Å². The maximum atomic E-state index is 12.9. The number of non-ortho nitro benzene ring substituents is 1. The van der Waals surface area contributed by atoms with Crippen molar-refractivity contribution < 1.29 is 13.3 Å². The Morgan fingerprint density at radius 3 is 2.43 bits per heavy atom. The molecule has 28 heavy (non-hydrogen) atoms. The molecule has 0 atom stereocenters. The topological polar surface area (TPSA) is 105 Å². The van der Waals surface area contributed by atoms with E-state index in [4.69, 9.17) is 23.2 Å². The van der Waals surface area contributed by atoms with Crippen LogP contribution in [0.15, 0.2) is 46.4 Å². The second kappa shape index (κ2) is 9.33. The van der Waals surface area contributed by atoms with Crippen LogP contribution in [0.2, 0.25) is 10.0 Å². The summed E-state index contributed by atoms with van der Waals surface area (Å²) in [6.45, 7) is 3.83. The van der Waals surface area contributed by atoms with Gasteiger partial charge in [0, 0.05) is 35.8 Å². The van der Waals surface area contributed by atoms with E-state index >= 15 is 0 Å². The van der Waals surface area contributed by atoms with E-state index in [0.29, 0.717) is 15.6 Å². The summed E-state index contributed by atoms with van der Waals surface area (Å²) in [5.74, 6) is 0. The maximum Gasteiger partial charge on any atom is 0.270 e. The summed E-state index contributed by atoms with van der Waals surface area (Å²) in [7, 11) is -3.95. The lowest BCUT2D eigenvalue weighted by Gasteiger charge is -2.20. The Bertz CT molecular complexity index is 1010. The summed E-state index contributed by atoms with van der Waals surface area (Å²) < 4.78 is 27.0. The van der Waals surface area contributed by atoms with E-state index in [2.05, 4.69) is 10.5 Å². The van der Waals surface area contributed by atoms with Crippen molar-refractivity contribution in [2.24, 2.45) is 5.10 Å². The number of sulfonamides is 1. The summed E-state index contributed by atoms with van der Waals surface area (Å²) in [4.78, 5) is 10.2. The van der Waals surface area contributed by atoms with Gasteiger partial charge >= 0.3 is 0 Å². The third kappa shape index (κ3) is 4.99. The molecule has 0 fully saturated rings. The van der Waals surface area contributed by atoms with Gasteiger partial charge in [-0.3, -0.25) is 15.5 Å². The Balaban J connectivity index is 2.43. The molecule has 1 N–H and O–H groups in total. The molecule has 0 aromatic heterocycles. The van der Waals surface area contributed by atoms with Gasteiger partial charge in [0.15, 0.2) is 0 Å². The first-order chi connectivity index (χ1) is 13.2. The SMILES string of the molecule is CCN(CC)S(=O)(=O)c1cc([N+](=O)[O-])ccc1NN=Cc1ccc(Cl)cc1Cl. The van der Waals surface area contributed by atoms with Gasteiger partial charge < -0.3 is 0 Å². The highest BCUT2D eigenvalue weighted by Crippen LogP contribution is 2.29. The number of halogens is 2. The lowest BCUT2D eigenvalue weighted by Crippen LogP contribution is -2.31. The zero-order valence-corrected chi connectivity index (χ0v) is 17.4. The van der Waals surface area contributed by atoms with Gasteiger partial charge in [-0.25, -0.2) is 8.42 Å². The number of nitrogens with zero attached hydrogens (tertiary/aromatic N) is 3. The fourth-order valence-corrected chi connectivity index (χ4v) is 4.49. The molecule has 0 heterocycles. The quantitative estimate of drug-likeness (QED) is 0.369. The summed E-state index contributed by atoms with van der Waals surface area (Å²) >= 11 is 11.9. The fourth-order valence-electron chi connectivity index (χ4n) is 2.41. The van der Waals surface area contributed by atoms with Crippen molar-refractivity contribution in [3.8, 4) is 0 Å². The molecule has 0 radical (unpaired) electrons.